The van der Waals surface area contributed by atoms with Crippen LogP contribution in [-0.4, -0.2) is 17.6 Å². The molecule has 0 spiro atoms. The van der Waals surface area contributed by atoms with Gasteiger partial charge in [0.1, 0.15) is 0 Å². The third-order valence-electron chi connectivity index (χ3n) is 3.33. The quantitative estimate of drug-likeness (QED) is 0.844. The minimum Gasteiger partial charge on any atom is -0.490 e. The summed E-state index contributed by atoms with van der Waals surface area (Å²) >= 11 is 0. The molecule has 0 bridgehead atoms. The normalized spacial score (nSPS) is 14.0. The summed E-state index contributed by atoms with van der Waals surface area (Å²) in [6, 6.07) is 12.3. The first-order chi connectivity index (χ1) is 10.3. The van der Waals surface area contributed by atoms with Crippen LogP contribution in [0.5, 0.6) is 17.4 Å². The Morgan fingerprint density at radius 2 is 1.95 bits per heavy atom. The van der Waals surface area contributed by atoms with Crippen molar-refractivity contribution < 1.29 is 9.47 Å². The largest absolute Gasteiger partial charge is 0.490 e. The van der Waals surface area contributed by atoms with Gasteiger partial charge in [-0.15, -0.1) is 0 Å². The summed E-state index contributed by atoms with van der Waals surface area (Å²) in [5.74, 6) is 2.01. The van der Waals surface area contributed by atoms with E-state index >= 15 is 0 Å². The van der Waals surface area contributed by atoms with Crippen molar-refractivity contribution in [1.82, 2.24) is 10.3 Å². The number of nitrogens with one attached hydrogen (secondary N) is 1. The van der Waals surface area contributed by atoms with Crippen LogP contribution in [0.4, 0.5) is 0 Å². The highest BCUT2D eigenvalue weighted by atomic mass is 16.5. The van der Waals surface area contributed by atoms with E-state index in [-0.39, 0.29) is 0 Å². The monoisotopic (exact) mass is 284 g/mol. The number of hydrogen-bond donors (Lipinski definition) is 1. The van der Waals surface area contributed by atoms with Crippen LogP contribution < -0.4 is 14.8 Å². The number of ether oxygens (including phenoxy) is 2. The first kappa shape index (κ1) is 13.9. The zero-order chi connectivity index (χ0) is 14.5. The lowest BCUT2D eigenvalue weighted by Gasteiger charge is -2.11. The van der Waals surface area contributed by atoms with Gasteiger partial charge in [0.2, 0.25) is 5.88 Å². The molecule has 4 nitrogen and oxygen atoms in total. The molecule has 0 aliphatic heterocycles. The highest BCUT2D eigenvalue weighted by Crippen LogP contribution is 2.30. The maximum Gasteiger partial charge on any atom is 0.219 e. The summed E-state index contributed by atoms with van der Waals surface area (Å²) in [5, 5.41) is 3.47. The molecule has 1 aliphatic carbocycles. The summed E-state index contributed by atoms with van der Waals surface area (Å²) in [6.07, 6.45) is 4.44. The van der Waals surface area contributed by atoms with Gasteiger partial charge in [-0.25, -0.2) is 4.98 Å². The summed E-state index contributed by atoms with van der Waals surface area (Å²) in [6.45, 7) is 3.43. The maximum absolute atomic E-state index is 5.80. The van der Waals surface area contributed by atoms with E-state index < -0.39 is 0 Å². The fourth-order valence-corrected chi connectivity index (χ4v) is 2.05. The topological polar surface area (TPSA) is 43.4 Å². The molecule has 0 unspecified atom stereocenters. The average molecular weight is 284 g/mol. The van der Waals surface area contributed by atoms with Crippen molar-refractivity contribution in [2.24, 2.45) is 0 Å². The van der Waals surface area contributed by atoms with Gasteiger partial charge < -0.3 is 14.8 Å². The molecule has 0 saturated heterocycles. The van der Waals surface area contributed by atoms with Gasteiger partial charge in [-0.1, -0.05) is 18.2 Å². The highest BCUT2D eigenvalue weighted by molar-refractivity contribution is 5.41. The highest BCUT2D eigenvalue weighted by Gasteiger charge is 2.19. The zero-order valence-corrected chi connectivity index (χ0v) is 12.2. The van der Waals surface area contributed by atoms with E-state index in [0.717, 1.165) is 12.3 Å². The molecule has 3 rings (SSSR count). The van der Waals surface area contributed by atoms with Crippen LogP contribution in [0.3, 0.4) is 0 Å². The fourth-order valence-electron chi connectivity index (χ4n) is 2.05. The third-order valence-corrected chi connectivity index (χ3v) is 3.33. The second-order valence-corrected chi connectivity index (χ2v) is 5.14. The van der Waals surface area contributed by atoms with Gasteiger partial charge in [-0.2, -0.15) is 0 Å². The van der Waals surface area contributed by atoms with Gasteiger partial charge in [-0.05, 0) is 37.5 Å². The number of rotatable bonds is 7. The summed E-state index contributed by atoms with van der Waals surface area (Å²) in [7, 11) is 0. The molecule has 1 saturated carbocycles. The standard InChI is InChI=1S/C17H20N2O2/c1-2-20-15-5-3-4-6-16(15)21-17-10-7-13(12-19-17)11-18-14-8-9-14/h3-7,10,12,14,18H,2,8-9,11H2,1H3. The van der Waals surface area contributed by atoms with Crippen molar-refractivity contribution in [3.63, 3.8) is 0 Å². The average Bonchev–Trinajstić information content (AvgIpc) is 3.33. The molecule has 1 aliphatic rings. The summed E-state index contributed by atoms with van der Waals surface area (Å²) < 4.78 is 11.3. The Balaban J connectivity index is 1.64. The number of hydrogen-bond acceptors (Lipinski definition) is 4. The van der Waals surface area contributed by atoms with Crippen LogP contribution in [0, 0.1) is 0 Å². The Labute approximate surface area is 125 Å². The maximum atomic E-state index is 5.80. The lowest BCUT2D eigenvalue weighted by molar-refractivity contribution is 0.319. The molecule has 1 N–H and O–H groups in total. The van der Waals surface area contributed by atoms with Crippen molar-refractivity contribution >= 4 is 0 Å². The van der Waals surface area contributed by atoms with E-state index in [1.54, 1.807) is 0 Å². The van der Waals surface area contributed by atoms with Crippen molar-refractivity contribution in [3.8, 4) is 17.4 Å². The minimum absolute atomic E-state index is 0.581. The first-order valence-electron chi connectivity index (χ1n) is 7.43. The van der Waals surface area contributed by atoms with E-state index in [9.17, 15) is 0 Å². The molecule has 2 aromatic rings. The molecular formula is C17H20N2O2. The number of para-hydroxylation sites is 2. The lowest BCUT2D eigenvalue weighted by atomic mass is 10.3. The van der Waals surface area contributed by atoms with Crippen LogP contribution in [-0.2, 0) is 6.54 Å². The third kappa shape index (κ3) is 3.95. The molecule has 1 fully saturated rings. The van der Waals surface area contributed by atoms with E-state index in [0.29, 0.717) is 24.3 Å². The lowest BCUT2D eigenvalue weighted by Crippen LogP contribution is -2.15. The SMILES string of the molecule is CCOc1ccccc1Oc1ccc(CNC2CC2)cn1. The fraction of sp³-hybridized carbons (Fsp3) is 0.353. The Kier molecular flexibility index (Phi) is 4.36. The van der Waals surface area contributed by atoms with Gasteiger partial charge in [0, 0.05) is 24.8 Å². The van der Waals surface area contributed by atoms with Crippen LogP contribution in [0.2, 0.25) is 0 Å². The van der Waals surface area contributed by atoms with E-state index in [1.807, 2.05) is 49.5 Å². The summed E-state index contributed by atoms with van der Waals surface area (Å²) in [5.41, 5.74) is 1.17. The van der Waals surface area contributed by atoms with Gasteiger partial charge in [-0.3, -0.25) is 0 Å². The van der Waals surface area contributed by atoms with Crippen molar-refractivity contribution in [2.45, 2.75) is 32.4 Å². The molecule has 0 radical (unpaired) electrons. The van der Waals surface area contributed by atoms with Crippen LogP contribution >= 0.6 is 0 Å². The second kappa shape index (κ2) is 6.59. The smallest absolute Gasteiger partial charge is 0.219 e. The van der Waals surface area contributed by atoms with Gasteiger partial charge in [0.05, 0.1) is 6.61 Å². The van der Waals surface area contributed by atoms with Crippen LogP contribution in [0.25, 0.3) is 0 Å². The first-order valence-corrected chi connectivity index (χ1v) is 7.43. The molecule has 4 heteroatoms. The summed E-state index contributed by atoms with van der Waals surface area (Å²) in [4.78, 5) is 4.36. The molecule has 1 aromatic heterocycles. The van der Waals surface area contributed by atoms with Crippen molar-refractivity contribution in [3.05, 3.63) is 48.2 Å². The Morgan fingerprint density at radius 1 is 1.14 bits per heavy atom. The Bertz CT molecular complexity index is 580. The zero-order valence-electron chi connectivity index (χ0n) is 12.2. The van der Waals surface area contributed by atoms with Crippen LogP contribution in [0.1, 0.15) is 25.3 Å². The van der Waals surface area contributed by atoms with Crippen molar-refractivity contribution in [2.75, 3.05) is 6.61 Å². The number of nitrogens with zero attached hydrogens (tertiary/aromatic N) is 1. The molecule has 110 valence electrons. The minimum atomic E-state index is 0.581. The Hall–Kier alpha value is -2.07. The predicted octanol–water partition coefficient (Wildman–Crippen LogP) is 3.52. The Morgan fingerprint density at radius 3 is 2.62 bits per heavy atom. The number of aromatic nitrogens is 1. The molecule has 1 aromatic carbocycles. The van der Waals surface area contributed by atoms with Gasteiger partial charge >= 0.3 is 0 Å². The van der Waals surface area contributed by atoms with Crippen molar-refractivity contribution in [1.29, 1.82) is 0 Å². The molecule has 1 heterocycles. The molecule has 0 atom stereocenters. The van der Waals surface area contributed by atoms with E-state index in [4.69, 9.17) is 9.47 Å². The van der Waals surface area contributed by atoms with Gasteiger partial charge in [0.15, 0.2) is 11.5 Å². The van der Waals surface area contributed by atoms with E-state index in [1.165, 1.54) is 18.4 Å². The van der Waals surface area contributed by atoms with E-state index in [2.05, 4.69) is 10.3 Å². The predicted molar refractivity (Wildman–Crippen MR) is 81.8 cm³/mol. The molecule has 0 amide bonds. The molecular weight excluding hydrogens is 264 g/mol. The number of benzene rings is 1. The van der Waals surface area contributed by atoms with Gasteiger partial charge in [0.25, 0.3) is 0 Å². The second-order valence-electron chi connectivity index (χ2n) is 5.14. The molecule has 21 heavy (non-hydrogen) atoms. The van der Waals surface area contributed by atoms with Crippen LogP contribution in [0.15, 0.2) is 42.6 Å². The number of pyridine rings is 1.